The predicted octanol–water partition coefficient (Wildman–Crippen LogP) is -1.01. The number of nitro groups is 1. The second-order valence-electron chi connectivity index (χ2n) is 3.90. The van der Waals surface area contributed by atoms with Crippen LogP contribution in [0.3, 0.4) is 0 Å². The topological polar surface area (TPSA) is 67.3 Å². The molecule has 0 aliphatic heterocycles. The third kappa shape index (κ3) is 3.30. The number of non-ortho nitro benzene ring substituents is 1. The molecule has 0 aliphatic rings. The average molecular weight is 294 g/mol. The van der Waals surface area contributed by atoms with Crippen molar-refractivity contribution in [1.29, 1.82) is 0 Å². The third-order valence-electron chi connectivity index (χ3n) is 2.67. The number of pyridine rings is 1. The first-order chi connectivity index (χ1) is 9.09. The summed E-state index contributed by atoms with van der Waals surface area (Å²) < 4.78 is 1.43. The molecule has 0 spiro atoms. The summed E-state index contributed by atoms with van der Waals surface area (Å²) in [5.41, 5.74) is 0.587. The first-order valence-electron chi connectivity index (χ1n) is 5.58. The van der Waals surface area contributed by atoms with Gasteiger partial charge in [-0.1, -0.05) is 6.07 Å². The number of nitrogens with zero attached hydrogens (tertiary/aromatic N) is 3. The zero-order valence-corrected chi connectivity index (χ0v) is 11.4. The molecule has 0 fully saturated rings. The summed E-state index contributed by atoms with van der Waals surface area (Å²) in [6.07, 6.45) is 3.29. The molecule has 0 aliphatic carbocycles. The van der Waals surface area contributed by atoms with E-state index in [1.54, 1.807) is 43.7 Å². The van der Waals surface area contributed by atoms with Crippen molar-refractivity contribution < 1.29 is 26.7 Å². The molecule has 0 atom stereocenters. The lowest BCUT2D eigenvalue weighted by Gasteiger charge is -2.08. The van der Waals surface area contributed by atoms with Crippen LogP contribution in [0.4, 0.5) is 16.2 Å². The first kappa shape index (κ1) is 15.6. The van der Waals surface area contributed by atoms with Crippen molar-refractivity contribution in [3.8, 4) is 0 Å². The van der Waals surface area contributed by atoms with Crippen LogP contribution in [0, 0.1) is 10.1 Å². The standard InChI is InChI=1S/C13H12N3O3.ClH/c1-14(13(17)15-9-3-2-4-10-15)11-5-7-12(8-6-11)16(18)19;/h2-10H,1H3;1H/q+1;/p-1. The lowest BCUT2D eigenvalue weighted by atomic mass is 10.2. The number of carbonyl (C=O) groups is 1. The van der Waals surface area contributed by atoms with E-state index >= 15 is 0 Å². The van der Waals surface area contributed by atoms with Crippen molar-refractivity contribution >= 4 is 17.4 Å². The van der Waals surface area contributed by atoms with Crippen LogP contribution in [-0.2, 0) is 0 Å². The molecule has 7 heteroatoms. The highest BCUT2D eigenvalue weighted by atomic mass is 35.5. The average Bonchev–Trinajstić information content (AvgIpc) is 2.46. The summed E-state index contributed by atoms with van der Waals surface area (Å²) in [4.78, 5) is 23.6. The molecule has 0 bridgehead atoms. The van der Waals surface area contributed by atoms with E-state index in [4.69, 9.17) is 0 Å². The Labute approximate surface area is 121 Å². The van der Waals surface area contributed by atoms with Crippen molar-refractivity contribution in [3.63, 3.8) is 0 Å². The van der Waals surface area contributed by atoms with Gasteiger partial charge in [0.25, 0.3) is 5.69 Å². The maximum absolute atomic E-state index is 12.1. The van der Waals surface area contributed by atoms with Crippen LogP contribution in [-0.4, -0.2) is 18.0 Å². The maximum Gasteiger partial charge on any atom is 0.502 e. The minimum Gasteiger partial charge on any atom is -1.00 e. The van der Waals surface area contributed by atoms with Gasteiger partial charge in [0, 0.05) is 12.1 Å². The Hall–Kier alpha value is -2.47. The van der Waals surface area contributed by atoms with Crippen LogP contribution in [0.5, 0.6) is 0 Å². The predicted molar refractivity (Wildman–Crippen MR) is 68.9 cm³/mol. The number of halogens is 1. The number of carbonyl (C=O) groups excluding carboxylic acids is 1. The third-order valence-corrected chi connectivity index (χ3v) is 2.67. The van der Waals surface area contributed by atoms with Crippen molar-refractivity contribution in [2.75, 3.05) is 11.9 Å². The van der Waals surface area contributed by atoms with E-state index in [1.165, 1.54) is 21.6 Å². The smallest absolute Gasteiger partial charge is 0.502 e. The van der Waals surface area contributed by atoms with Crippen molar-refractivity contribution in [1.82, 2.24) is 0 Å². The molecule has 20 heavy (non-hydrogen) atoms. The fourth-order valence-corrected chi connectivity index (χ4v) is 1.61. The lowest BCUT2D eigenvalue weighted by Crippen LogP contribution is -3.00. The van der Waals surface area contributed by atoms with Gasteiger partial charge in [-0.15, -0.1) is 0 Å². The highest BCUT2D eigenvalue weighted by Gasteiger charge is 2.22. The number of amides is 1. The van der Waals surface area contributed by atoms with Crippen LogP contribution in [0.15, 0.2) is 54.9 Å². The molecule has 104 valence electrons. The summed E-state index contributed by atoms with van der Waals surface area (Å²) in [6, 6.07) is 10.9. The molecule has 0 N–H and O–H groups in total. The summed E-state index contributed by atoms with van der Waals surface area (Å²) in [7, 11) is 1.61. The molecule has 1 aromatic carbocycles. The molecule has 2 rings (SSSR count). The van der Waals surface area contributed by atoms with Crippen molar-refractivity contribution in [3.05, 3.63) is 65.0 Å². The molecule has 2 aromatic rings. The van der Waals surface area contributed by atoms with E-state index in [0.29, 0.717) is 5.69 Å². The van der Waals surface area contributed by atoms with Gasteiger partial charge in [-0.3, -0.25) is 10.1 Å². The number of hydrogen-bond acceptors (Lipinski definition) is 3. The molecular weight excluding hydrogens is 282 g/mol. The van der Waals surface area contributed by atoms with Gasteiger partial charge in [0.1, 0.15) is 5.69 Å². The van der Waals surface area contributed by atoms with Crippen LogP contribution < -0.4 is 21.9 Å². The Kier molecular flexibility index (Phi) is 5.16. The minimum absolute atomic E-state index is 0. The minimum atomic E-state index is -0.475. The number of rotatable bonds is 2. The highest BCUT2D eigenvalue weighted by Crippen LogP contribution is 2.18. The Morgan fingerprint density at radius 1 is 1.15 bits per heavy atom. The molecule has 6 nitrogen and oxygen atoms in total. The van der Waals surface area contributed by atoms with E-state index in [9.17, 15) is 14.9 Å². The number of aromatic nitrogens is 1. The van der Waals surface area contributed by atoms with Crippen LogP contribution in [0.25, 0.3) is 0 Å². The SMILES string of the molecule is CN(C(=O)[n+]1ccccc1)c1ccc([N+](=O)[O-])cc1.[Cl-]. The monoisotopic (exact) mass is 293 g/mol. The lowest BCUT2D eigenvalue weighted by molar-refractivity contribution is -0.569. The molecule has 0 unspecified atom stereocenters. The summed E-state index contributed by atoms with van der Waals surface area (Å²) in [6.45, 7) is 0. The molecule has 1 amide bonds. The normalized spacial score (nSPS) is 9.45. The zero-order valence-electron chi connectivity index (χ0n) is 10.6. The number of hydrogen-bond donors (Lipinski definition) is 0. The van der Waals surface area contributed by atoms with E-state index < -0.39 is 4.92 Å². The Morgan fingerprint density at radius 2 is 1.70 bits per heavy atom. The van der Waals surface area contributed by atoms with Crippen molar-refractivity contribution in [2.24, 2.45) is 0 Å². The largest absolute Gasteiger partial charge is 1.00 e. The van der Waals surface area contributed by atoms with Crippen LogP contribution in [0.2, 0.25) is 0 Å². The second kappa shape index (κ2) is 6.63. The summed E-state index contributed by atoms with van der Waals surface area (Å²) in [5, 5.41) is 10.6. The maximum atomic E-state index is 12.1. The quantitative estimate of drug-likeness (QED) is 0.405. The first-order valence-corrected chi connectivity index (χ1v) is 5.58. The highest BCUT2D eigenvalue weighted by molar-refractivity contribution is 5.85. The van der Waals surface area contributed by atoms with E-state index in [0.717, 1.165) is 0 Å². The van der Waals surface area contributed by atoms with Crippen molar-refractivity contribution in [2.45, 2.75) is 0 Å². The second-order valence-corrected chi connectivity index (χ2v) is 3.90. The Morgan fingerprint density at radius 3 is 2.20 bits per heavy atom. The molecule has 1 heterocycles. The van der Waals surface area contributed by atoms with Gasteiger partial charge < -0.3 is 12.4 Å². The van der Waals surface area contributed by atoms with Gasteiger partial charge in [0.2, 0.25) is 0 Å². The van der Waals surface area contributed by atoms with Crippen LogP contribution >= 0.6 is 0 Å². The van der Waals surface area contributed by atoms with Crippen LogP contribution in [0.1, 0.15) is 0 Å². The molecule has 1 aromatic heterocycles. The Balaban J connectivity index is 0.00000200. The van der Waals surface area contributed by atoms with Gasteiger partial charge in [-0.05, 0) is 24.3 Å². The zero-order chi connectivity index (χ0) is 13.8. The summed E-state index contributed by atoms with van der Waals surface area (Å²) >= 11 is 0. The van der Waals surface area contributed by atoms with E-state index in [1.807, 2.05) is 6.07 Å². The van der Waals surface area contributed by atoms with Gasteiger partial charge >= 0.3 is 6.03 Å². The molecular formula is C13H12ClN3O3. The number of anilines is 1. The van der Waals surface area contributed by atoms with Gasteiger partial charge in [-0.25, -0.2) is 0 Å². The van der Waals surface area contributed by atoms with E-state index in [2.05, 4.69) is 0 Å². The fraction of sp³-hybridized carbons (Fsp3) is 0.0769. The molecule has 0 saturated carbocycles. The van der Waals surface area contributed by atoms with Gasteiger partial charge in [0.15, 0.2) is 0 Å². The van der Waals surface area contributed by atoms with Gasteiger partial charge in [-0.2, -0.15) is 14.3 Å². The molecule has 0 radical (unpaired) electrons. The Bertz CT molecular complexity index is 602. The number of nitro benzene ring substituents is 1. The summed E-state index contributed by atoms with van der Waals surface area (Å²) in [5.74, 6) is 0. The molecule has 0 saturated heterocycles. The fourth-order valence-electron chi connectivity index (χ4n) is 1.61. The van der Waals surface area contributed by atoms with E-state index in [-0.39, 0.29) is 24.1 Å². The number of benzene rings is 1. The van der Waals surface area contributed by atoms with Gasteiger partial charge in [0.05, 0.1) is 24.4 Å².